The van der Waals surface area contributed by atoms with Crippen molar-refractivity contribution < 1.29 is 4.79 Å². The molecule has 2 heterocycles. The van der Waals surface area contributed by atoms with E-state index in [9.17, 15) is 4.79 Å². The minimum Gasteiger partial charge on any atom is -0.322 e. The molecule has 3 rings (SSSR count). The Bertz CT molecular complexity index is 842. The number of nitrogens with one attached hydrogen (secondary N) is 1. The largest absolute Gasteiger partial charge is 0.322 e. The van der Waals surface area contributed by atoms with E-state index in [0.717, 1.165) is 11.3 Å². The van der Waals surface area contributed by atoms with E-state index in [1.54, 1.807) is 55.0 Å². The fourth-order valence-corrected chi connectivity index (χ4v) is 3.21. The molecule has 120 valence electrons. The maximum absolute atomic E-state index is 12.5. The van der Waals surface area contributed by atoms with Crippen LogP contribution in [0.15, 0.2) is 72.1 Å². The Kier molecular flexibility index (Phi) is 5.46. The third kappa shape index (κ3) is 4.34. The van der Waals surface area contributed by atoms with Crippen molar-refractivity contribution in [2.45, 2.75) is 10.8 Å². The average Bonchev–Trinajstić information content (AvgIpc) is 2.61. The SMILES string of the molecule is O=C(Nc1cccc(Cl)c1)c1cccnc1SCc1ccncc1. The van der Waals surface area contributed by atoms with Crippen LogP contribution in [0.2, 0.25) is 5.02 Å². The van der Waals surface area contributed by atoms with Gasteiger partial charge in [0.1, 0.15) is 5.03 Å². The molecule has 0 fully saturated rings. The highest BCUT2D eigenvalue weighted by molar-refractivity contribution is 7.98. The Morgan fingerprint density at radius 1 is 1.08 bits per heavy atom. The molecular weight excluding hydrogens is 342 g/mol. The number of amides is 1. The quantitative estimate of drug-likeness (QED) is 0.675. The van der Waals surface area contributed by atoms with E-state index in [2.05, 4.69) is 15.3 Å². The summed E-state index contributed by atoms with van der Waals surface area (Å²) in [7, 11) is 0. The van der Waals surface area contributed by atoms with Gasteiger partial charge in [0.2, 0.25) is 0 Å². The summed E-state index contributed by atoms with van der Waals surface area (Å²) in [6.07, 6.45) is 5.19. The van der Waals surface area contributed by atoms with Gasteiger partial charge in [0.05, 0.1) is 5.56 Å². The van der Waals surface area contributed by atoms with Gasteiger partial charge in [0, 0.05) is 35.1 Å². The molecule has 3 aromatic rings. The predicted molar refractivity (Wildman–Crippen MR) is 97.4 cm³/mol. The fourth-order valence-electron chi connectivity index (χ4n) is 2.07. The number of hydrogen-bond donors (Lipinski definition) is 1. The number of rotatable bonds is 5. The van der Waals surface area contributed by atoms with Gasteiger partial charge in [-0.25, -0.2) is 4.98 Å². The number of thioether (sulfide) groups is 1. The molecule has 0 atom stereocenters. The summed E-state index contributed by atoms with van der Waals surface area (Å²) in [6, 6.07) is 14.5. The summed E-state index contributed by atoms with van der Waals surface area (Å²) in [6.45, 7) is 0. The maximum atomic E-state index is 12.5. The summed E-state index contributed by atoms with van der Waals surface area (Å²) >= 11 is 7.47. The molecule has 0 spiro atoms. The van der Waals surface area contributed by atoms with Crippen LogP contribution in [0.25, 0.3) is 0 Å². The minimum atomic E-state index is -0.206. The van der Waals surface area contributed by atoms with E-state index >= 15 is 0 Å². The topological polar surface area (TPSA) is 54.9 Å². The number of aromatic nitrogens is 2. The lowest BCUT2D eigenvalue weighted by atomic mass is 10.2. The van der Waals surface area contributed by atoms with Crippen LogP contribution in [0.4, 0.5) is 5.69 Å². The van der Waals surface area contributed by atoms with Crippen molar-refractivity contribution >= 4 is 35.0 Å². The molecular formula is C18H14ClN3OS. The van der Waals surface area contributed by atoms with Gasteiger partial charge in [-0.1, -0.05) is 17.7 Å². The summed E-state index contributed by atoms with van der Waals surface area (Å²) in [5.74, 6) is 0.513. The molecule has 1 aromatic carbocycles. The molecule has 0 radical (unpaired) electrons. The molecule has 1 N–H and O–H groups in total. The van der Waals surface area contributed by atoms with Crippen LogP contribution in [-0.2, 0) is 5.75 Å². The van der Waals surface area contributed by atoms with Crippen LogP contribution < -0.4 is 5.32 Å². The van der Waals surface area contributed by atoms with E-state index in [4.69, 9.17) is 11.6 Å². The summed E-state index contributed by atoms with van der Waals surface area (Å²) in [5, 5.41) is 4.11. The van der Waals surface area contributed by atoms with Crippen molar-refractivity contribution in [3.05, 3.63) is 83.3 Å². The number of halogens is 1. The highest BCUT2D eigenvalue weighted by atomic mass is 35.5. The molecule has 24 heavy (non-hydrogen) atoms. The van der Waals surface area contributed by atoms with E-state index in [0.29, 0.717) is 21.3 Å². The van der Waals surface area contributed by atoms with Gasteiger partial charge in [-0.05, 0) is 48.0 Å². The molecule has 0 unspecified atom stereocenters. The van der Waals surface area contributed by atoms with Crippen molar-refractivity contribution in [3.8, 4) is 0 Å². The standard InChI is InChI=1S/C18H14ClN3OS/c19-14-3-1-4-15(11-14)22-17(23)16-5-2-8-21-18(16)24-12-13-6-9-20-10-7-13/h1-11H,12H2,(H,22,23). The van der Waals surface area contributed by atoms with Crippen molar-refractivity contribution in [1.82, 2.24) is 9.97 Å². The van der Waals surface area contributed by atoms with Crippen LogP contribution in [0.3, 0.4) is 0 Å². The predicted octanol–water partition coefficient (Wildman–Crippen LogP) is 4.67. The van der Waals surface area contributed by atoms with E-state index in [1.807, 2.05) is 12.1 Å². The van der Waals surface area contributed by atoms with Crippen LogP contribution in [-0.4, -0.2) is 15.9 Å². The summed E-state index contributed by atoms with van der Waals surface area (Å²) < 4.78 is 0. The number of hydrogen-bond acceptors (Lipinski definition) is 4. The van der Waals surface area contributed by atoms with Crippen molar-refractivity contribution in [3.63, 3.8) is 0 Å². The first-order chi connectivity index (χ1) is 11.7. The highest BCUT2D eigenvalue weighted by Crippen LogP contribution is 2.25. The maximum Gasteiger partial charge on any atom is 0.258 e. The summed E-state index contributed by atoms with van der Waals surface area (Å²) in [4.78, 5) is 20.9. The molecule has 4 nitrogen and oxygen atoms in total. The third-order valence-corrected chi connectivity index (χ3v) is 4.53. The van der Waals surface area contributed by atoms with Crippen LogP contribution >= 0.6 is 23.4 Å². The first kappa shape index (κ1) is 16.5. The molecule has 0 saturated carbocycles. The fraction of sp³-hybridized carbons (Fsp3) is 0.0556. The van der Waals surface area contributed by atoms with Gasteiger partial charge in [-0.3, -0.25) is 9.78 Å². The Balaban J connectivity index is 1.74. The zero-order valence-electron chi connectivity index (χ0n) is 12.6. The Labute approximate surface area is 149 Å². The Morgan fingerprint density at radius 2 is 1.92 bits per heavy atom. The van der Waals surface area contributed by atoms with Crippen LogP contribution in [0.5, 0.6) is 0 Å². The van der Waals surface area contributed by atoms with Gasteiger partial charge in [0.15, 0.2) is 0 Å². The molecule has 6 heteroatoms. The summed E-state index contributed by atoms with van der Waals surface area (Å²) in [5.41, 5.74) is 2.32. The number of pyridine rings is 2. The molecule has 0 aliphatic heterocycles. The number of carbonyl (C=O) groups excluding carboxylic acids is 1. The lowest BCUT2D eigenvalue weighted by Gasteiger charge is -2.09. The van der Waals surface area contributed by atoms with E-state index < -0.39 is 0 Å². The third-order valence-electron chi connectivity index (χ3n) is 3.22. The van der Waals surface area contributed by atoms with Gasteiger partial charge in [-0.15, -0.1) is 11.8 Å². The molecule has 0 aliphatic rings. The minimum absolute atomic E-state index is 0.206. The average molecular weight is 356 g/mol. The van der Waals surface area contributed by atoms with Gasteiger partial charge in [-0.2, -0.15) is 0 Å². The first-order valence-electron chi connectivity index (χ1n) is 7.26. The van der Waals surface area contributed by atoms with Crippen molar-refractivity contribution in [2.24, 2.45) is 0 Å². The smallest absolute Gasteiger partial charge is 0.258 e. The second kappa shape index (κ2) is 7.95. The van der Waals surface area contributed by atoms with Crippen LogP contribution in [0, 0.1) is 0 Å². The molecule has 0 saturated heterocycles. The van der Waals surface area contributed by atoms with Gasteiger partial charge >= 0.3 is 0 Å². The molecule has 0 aliphatic carbocycles. The molecule has 0 bridgehead atoms. The number of anilines is 1. The molecule has 2 aromatic heterocycles. The normalized spacial score (nSPS) is 10.4. The lowest BCUT2D eigenvalue weighted by Crippen LogP contribution is -2.13. The van der Waals surface area contributed by atoms with Crippen molar-refractivity contribution in [1.29, 1.82) is 0 Å². The van der Waals surface area contributed by atoms with Crippen LogP contribution in [0.1, 0.15) is 15.9 Å². The molecule has 1 amide bonds. The van der Waals surface area contributed by atoms with Crippen molar-refractivity contribution in [2.75, 3.05) is 5.32 Å². The zero-order chi connectivity index (χ0) is 16.8. The van der Waals surface area contributed by atoms with Gasteiger partial charge in [0.25, 0.3) is 5.91 Å². The number of carbonyl (C=O) groups is 1. The lowest BCUT2D eigenvalue weighted by molar-refractivity contribution is 0.102. The van der Waals surface area contributed by atoms with E-state index in [1.165, 1.54) is 11.8 Å². The highest BCUT2D eigenvalue weighted by Gasteiger charge is 2.13. The Hall–Kier alpha value is -2.37. The number of benzene rings is 1. The Morgan fingerprint density at radius 3 is 2.71 bits per heavy atom. The first-order valence-corrected chi connectivity index (χ1v) is 8.62. The second-order valence-corrected chi connectivity index (χ2v) is 6.37. The monoisotopic (exact) mass is 355 g/mol. The van der Waals surface area contributed by atoms with Gasteiger partial charge < -0.3 is 5.32 Å². The van der Waals surface area contributed by atoms with E-state index in [-0.39, 0.29) is 5.91 Å². The second-order valence-electron chi connectivity index (χ2n) is 4.96. The number of nitrogens with zero attached hydrogens (tertiary/aromatic N) is 2. The zero-order valence-corrected chi connectivity index (χ0v) is 14.2.